The first kappa shape index (κ1) is 20.4. The van der Waals surface area contributed by atoms with Gasteiger partial charge in [0.2, 0.25) is 0 Å². The molecule has 0 aliphatic carbocycles. The van der Waals surface area contributed by atoms with Crippen LogP contribution in [-0.4, -0.2) is 30.2 Å². The number of terminal acetylenes is 1. The number of thiazole rings is 1. The first-order valence-corrected chi connectivity index (χ1v) is 10.3. The summed E-state index contributed by atoms with van der Waals surface area (Å²) < 4.78 is 18.5. The molecule has 2 heterocycles. The normalized spacial score (nSPS) is 11.6. The quantitative estimate of drug-likeness (QED) is 0.350. The average Bonchev–Trinajstić information content (AvgIpc) is 3.35. The van der Waals surface area contributed by atoms with Crippen molar-refractivity contribution in [2.75, 3.05) is 13.7 Å². The van der Waals surface area contributed by atoms with Crippen molar-refractivity contribution in [2.45, 2.75) is 13.5 Å². The molecule has 8 heteroatoms. The highest BCUT2D eigenvalue weighted by atomic mass is 32.1. The number of benzene rings is 2. The van der Waals surface area contributed by atoms with Crippen LogP contribution >= 0.6 is 11.3 Å². The molecule has 156 valence electrons. The molecule has 0 spiro atoms. The molecule has 2 aromatic carbocycles. The number of methoxy groups -OCH3 is 1. The zero-order chi connectivity index (χ0) is 22.0. The number of carbonyl (C=O) groups is 2. The largest absolute Gasteiger partial charge is 0.493 e. The molecule has 0 bridgehead atoms. The smallest absolute Gasteiger partial charge is 0.338 e. The van der Waals surface area contributed by atoms with Gasteiger partial charge >= 0.3 is 11.9 Å². The molecule has 0 saturated heterocycles. The first-order valence-electron chi connectivity index (χ1n) is 9.45. The average molecular weight is 434 g/mol. The monoisotopic (exact) mass is 434 g/mol. The van der Waals surface area contributed by atoms with Gasteiger partial charge in [-0.15, -0.1) is 6.42 Å². The van der Waals surface area contributed by atoms with Gasteiger partial charge in [-0.3, -0.25) is 4.79 Å². The van der Waals surface area contributed by atoms with Gasteiger partial charge in [-0.25, -0.2) is 4.79 Å². The summed E-state index contributed by atoms with van der Waals surface area (Å²) in [6.45, 7) is 2.26. The lowest BCUT2D eigenvalue weighted by Crippen LogP contribution is -2.16. The molecule has 0 aliphatic rings. The fourth-order valence-electron chi connectivity index (χ4n) is 3.19. The Hall–Kier alpha value is -3.83. The van der Waals surface area contributed by atoms with Crippen LogP contribution < -0.4 is 9.54 Å². The molecule has 0 unspecified atom stereocenters. The summed E-state index contributed by atoms with van der Waals surface area (Å²) in [6.07, 6.45) is 5.52. The molecule has 7 nitrogen and oxygen atoms in total. The zero-order valence-electron chi connectivity index (χ0n) is 16.9. The number of hydrogen-bond donors (Lipinski definition) is 0. The third kappa shape index (κ3) is 3.83. The van der Waals surface area contributed by atoms with Gasteiger partial charge in [-0.1, -0.05) is 29.4 Å². The van der Waals surface area contributed by atoms with E-state index in [1.807, 2.05) is 12.1 Å². The van der Waals surface area contributed by atoms with E-state index in [4.69, 9.17) is 20.3 Å². The fourth-order valence-corrected chi connectivity index (χ4v) is 4.26. The van der Waals surface area contributed by atoms with Crippen LogP contribution in [0, 0.1) is 12.3 Å². The third-order valence-electron chi connectivity index (χ3n) is 4.58. The number of hydrogen-bond acceptors (Lipinski definition) is 6. The highest BCUT2D eigenvalue weighted by Gasteiger charge is 2.16. The number of ether oxygens (including phenoxy) is 2. The minimum atomic E-state index is -0.541. The lowest BCUT2D eigenvalue weighted by molar-refractivity contribution is 0.0526. The molecular formula is C23H18N2O5S. The summed E-state index contributed by atoms with van der Waals surface area (Å²) in [5.41, 5.74) is 1.68. The molecular weight excluding hydrogens is 416 g/mol. The van der Waals surface area contributed by atoms with Crippen LogP contribution in [0.5, 0.6) is 5.75 Å². The number of nitrogens with zero attached hydrogens (tertiary/aromatic N) is 2. The Labute approximate surface area is 181 Å². The van der Waals surface area contributed by atoms with E-state index in [-0.39, 0.29) is 18.9 Å². The molecule has 4 rings (SSSR count). The van der Waals surface area contributed by atoms with Crippen molar-refractivity contribution in [1.29, 1.82) is 0 Å². The van der Waals surface area contributed by atoms with Gasteiger partial charge in [0.25, 0.3) is 0 Å². The summed E-state index contributed by atoms with van der Waals surface area (Å²) in [7, 11) is 1.54. The van der Waals surface area contributed by atoms with Gasteiger partial charge in [0.1, 0.15) is 0 Å². The van der Waals surface area contributed by atoms with Crippen molar-refractivity contribution < 1.29 is 23.5 Å². The number of amides is 1. The number of para-hydroxylation sites is 1. The second-order valence-corrected chi connectivity index (χ2v) is 7.49. The third-order valence-corrected chi connectivity index (χ3v) is 5.62. The lowest BCUT2D eigenvalue weighted by Gasteiger charge is -2.03. The number of furan rings is 1. The predicted molar refractivity (Wildman–Crippen MR) is 117 cm³/mol. The second kappa shape index (κ2) is 8.50. The van der Waals surface area contributed by atoms with E-state index in [9.17, 15) is 9.59 Å². The maximum atomic E-state index is 12.8. The van der Waals surface area contributed by atoms with Crippen LogP contribution in [0.3, 0.4) is 0 Å². The number of fused-ring (bicyclic) bond motifs is 2. The number of aromatic nitrogens is 1. The van der Waals surface area contributed by atoms with Crippen LogP contribution in [0.25, 0.3) is 21.2 Å². The van der Waals surface area contributed by atoms with Gasteiger partial charge < -0.3 is 18.5 Å². The highest BCUT2D eigenvalue weighted by Crippen LogP contribution is 2.28. The Morgan fingerprint density at radius 1 is 1.26 bits per heavy atom. The SMILES string of the molecule is C#CCn1c(=NC(=O)c2cc3cccc(OC)c3o2)sc2cc(C(=O)OCC)ccc21. The van der Waals surface area contributed by atoms with Crippen molar-refractivity contribution in [3.8, 4) is 18.1 Å². The summed E-state index contributed by atoms with van der Waals surface area (Å²) in [5, 5.41) is 0.741. The van der Waals surface area contributed by atoms with Crippen LogP contribution in [0.1, 0.15) is 27.8 Å². The summed E-state index contributed by atoms with van der Waals surface area (Å²) >= 11 is 1.26. The number of carbonyl (C=O) groups excluding carboxylic acids is 2. The molecule has 4 aromatic rings. The van der Waals surface area contributed by atoms with Gasteiger partial charge in [0.05, 0.1) is 36.0 Å². The predicted octanol–water partition coefficient (Wildman–Crippen LogP) is 4.01. The Balaban J connectivity index is 1.80. The minimum absolute atomic E-state index is 0.0939. The second-order valence-electron chi connectivity index (χ2n) is 6.48. The maximum Gasteiger partial charge on any atom is 0.338 e. The summed E-state index contributed by atoms with van der Waals surface area (Å²) in [6, 6.07) is 12.2. The fraction of sp³-hybridized carbons (Fsp3) is 0.174. The standard InChI is InChI=1S/C23H18N2O5S/c1-4-11-25-16-10-9-15(22(27)29-5-2)13-19(16)31-23(25)24-21(26)18-12-14-7-6-8-17(28-3)20(14)30-18/h1,6-10,12-13H,5,11H2,2-3H3. The van der Waals surface area contributed by atoms with E-state index < -0.39 is 11.9 Å². The van der Waals surface area contributed by atoms with Gasteiger partial charge in [0.15, 0.2) is 21.9 Å². The molecule has 0 N–H and O–H groups in total. The Kier molecular flexibility index (Phi) is 5.60. The van der Waals surface area contributed by atoms with Crippen molar-refractivity contribution in [3.63, 3.8) is 0 Å². The molecule has 0 atom stereocenters. The Bertz CT molecular complexity index is 1420. The van der Waals surface area contributed by atoms with E-state index in [1.54, 1.807) is 41.8 Å². The van der Waals surface area contributed by atoms with Gasteiger partial charge in [-0.05, 0) is 37.3 Å². The van der Waals surface area contributed by atoms with Crippen molar-refractivity contribution in [2.24, 2.45) is 4.99 Å². The number of rotatable bonds is 5. The summed E-state index contributed by atoms with van der Waals surface area (Å²) in [4.78, 5) is 29.5. The molecule has 0 aliphatic heterocycles. The van der Waals surface area contributed by atoms with E-state index in [2.05, 4.69) is 10.9 Å². The van der Waals surface area contributed by atoms with Crippen LogP contribution in [0.15, 0.2) is 51.9 Å². The van der Waals surface area contributed by atoms with Gasteiger partial charge in [-0.2, -0.15) is 4.99 Å². The topological polar surface area (TPSA) is 83.0 Å². The molecule has 0 radical (unpaired) electrons. The van der Waals surface area contributed by atoms with Crippen LogP contribution in [-0.2, 0) is 11.3 Å². The molecule has 0 fully saturated rings. The molecule has 2 aromatic heterocycles. The van der Waals surface area contributed by atoms with Crippen molar-refractivity contribution in [3.05, 3.63) is 58.6 Å². The highest BCUT2D eigenvalue weighted by molar-refractivity contribution is 7.16. The lowest BCUT2D eigenvalue weighted by atomic mass is 10.2. The van der Waals surface area contributed by atoms with E-state index in [0.717, 1.165) is 15.6 Å². The van der Waals surface area contributed by atoms with Crippen LogP contribution in [0.2, 0.25) is 0 Å². The number of esters is 1. The van der Waals surface area contributed by atoms with E-state index in [0.29, 0.717) is 21.7 Å². The first-order chi connectivity index (χ1) is 15.0. The molecule has 0 saturated carbocycles. The van der Waals surface area contributed by atoms with Crippen molar-refractivity contribution in [1.82, 2.24) is 4.57 Å². The Morgan fingerprint density at radius 2 is 2.10 bits per heavy atom. The zero-order valence-corrected chi connectivity index (χ0v) is 17.7. The molecule has 31 heavy (non-hydrogen) atoms. The van der Waals surface area contributed by atoms with Gasteiger partial charge in [0, 0.05) is 5.39 Å². The molecule has 1 amide bonds. The summed E-state index contributed by atoms with van der Waals surface area (Å²) in [5.74, 6) is 2.25. The maximum absolute atomic E-state index is 12.8. The van der Waals surface area contributed by atoms with Crippen molar-refractivity contribution >= 4 is 44.4 Å². The minimum Gasteiger partial charge on any atom is -0.493 e. The van der Waals surface area contributed by atoms with Crippen LogP contribution in [0.4, 0.5) is 0 Å². The Morgan fingerprint density at radius 3 is 2.84 bits per heavy atom. The van der Waals surface area contributed by atoms with E-state index >= 15 is 0 Å². The van der Waals surface area contributed by atoms with E-state index in [1.165, 1.54) is 18.4 Å².